The molecule has 0 aromatic carbocycles. The van der Waals surface area contributed by atoms with E-state index in [2.05, 4.69) is 10.0 Å². The summed E-state index contributed by atoms with van der Waals surface area (Å²) in [4.78, 5) is 1.99. The molecule has 0 aliphatic heterocycles. The molecule has 0 aromatic heterocycles. The van der Waals surface area contributed by atoms with Crippen LogP contribution in [0.25, 0.3) is 0 Å². The topological polar surface area (TPSA) is 61.4 Å². The minimum atomic E-state index is -3.22. The number of likely N-dealkylation sites (N-methyl/N-ethyl adjacent to an activating group) is 1. The fourth-order valence-electron chi connectivity index (χ4n) is 1.07. The third-order valence-electron chi connectivity index (χ3n) is 2.80. The summed E-state index contributed by atoms with van der Waals surface area (Å²) in [6.45, 7) is 8.63. The van der Waals surface area contributed by atoms with Crippen LogP contribution in [0.3, 0.4) is 0 Å². The summed E-state index contributed by atoms with van der Waals surface area (Å²) in [5.74, 6) is 0. The van der Waals surface area contributed by atoms with Crippen LogP contribution in [0.2, 0.25) is 0 Å². The third kappa shape index (κ3) is 6.98. The molecule has 0 bridgehead atoms. The number of sulfonamides is 1. The molecule has 6 heteroatoms. The molecular formula is C11H27N3O2S. The Labute approximate surface area is 106 Å². The quantitative estimate of drug-likeness (QED) is 0.660. The van der Waals surface area contributed by atoms with Crippen molar-refractivity contribution in [2.24, 2.45) is 0 Å². The van der Waals surface area contributed by atoms with Crippen LogP contribution in [0.1, 0.15) is 27.7 Å². The van der Waals surface area contributed by atoms with Gasteiger partial charge in [0.15, 0.2) is 0 Å². The zero-order chi connectivity index (χ0) is 13.6. The van der Waals surface area contributed by atoms with Gasteiger partial charge in [0.2, 0.25) is 10.0 Å². The fraction of sp³-hybridized carbons (Fsp3) is 1.00. The third-order valence-corrected chi connectivity index (χ3v) is 4.60. The minimum Gasteiger partial charge on any atom is -0.313 e. The molecule has 0 aromatic rings. The molecule has 0 radical (unpaired) electrons. The second-order valence-corrected chi connectivity index (χ2v) is 7.26. The molecule has 104 valence electrons. The highest BCUT2D eigenvalue weighted by Gasteiger charge is 2.21. The molecular weight excluding hydrogens is 238 g/mol. The summed E-state index contributed by atoms with van der Waals surface area (Å²) in [5.41, 5.74) is 0. The molecule has 0 spiro atoms. The van der Waals surface area contributed by atoms with E-state index in [0.29, 0.717) is 19.1 Å². The first kappa shape index (κ1) is 16.8. The summed E-state index contributed by atoms with van der Waals surface area (Å²) in [6.07, 6.45) is 0. The Balaban J connectivity index is 4.19. The number of hydrogen-bond donors (Lipinski definition) is 2. The predicted molar refractivity (Wildman–Crippen MR) is 72.7 cm³/mol. The fourth-order valence-corrected chi connectivity index (χ4v) is 2.15. The lowest BCUT2D eigenvalue weighted by Crippen LogP contribution is -2.44. The van der Waals surface area contributed by atoms with Crippen molar-refractivity contribution in [3.05, 3.63) is 0 Å². The first-order chi connectivity index (χ1) is 7.66. The molecule has 5 nitrogen and oxygen atoms in total. The van der Waals surface area contributed by atoms with Crippen LogP contribution in [0.15, 0.2) is 0 Å². The summed E-state index contributed by atoms with van der Waals surface area (Å²) in [6, 6.07) is 0.489. The lowest BCUT2D eigenvalue weighted by atomic mass is 10.3. The Hall–Kier alpha value is -0.170. The summed E-state index contributed by atoms with van der Waals surface area (Å²) in [7, 11) is 0.643. The van der Waals surface area contributed by atoms with Crippen molar-refractivity contribution in [1.82, 2.24) is 14.9 Å². The molecule has 0 amide bonds. The van der Waals surface area contributed by atoms with Gasteiger partial charge < -0.3 is 10.2 Å². The van der Waals surface area contributed by atoms with Gasteiger partial charge in [0, 0.05) is 25.2 Å². The van der Waals surface area contributed by atoms with Crippen LogP contribution in [0.4, 0.5) is 0 Å². The Morgan fingerprint density at radius 1 is 1.06 bits per heavy atom. The van der Waals surface area contributed by atoms with Gasteiger partial charge in [-0.05, 0) is 27.9 Å². The molecule has 2 N–H and O–H groups in total. The van der Waals surface area contributed by atoms with E-state index in [1.54, 1.807) is 6.92 Å². The lowest BCUT2D eigenvalue weighted by Gasteiger charge is -2.22. The monoisotopic (exact) mass is 265 g/mol. The lowest BCUT2D eigenvalue weighted by molar-refractivity contribution is 0.313. The predicted octanol–water partition coefficient (Wildman–Crippen LogP) is 0.242. The molecule has 0 aliphatic carbocycles. The minimum absolute atomic E-state index is 0.190. The molecule has 0 fully saturated rings. The van der Waals surface area contributed by atoms with Crippen LogP contribution in [-0.2, 0) is 10.0 Å². The van der Waals surface area contributed by atoms with Crippen molar-refractivity contribution in [3.8, 4) is 0 Å². The van der Waals surface area contributed by atoms with E-state index in [1.165, 1.54) is 0 Å². The maximum Gasteiger partial charge on any atom is 0.215 e. The van der Waals surface area contributed by atoms with Crippen LogP contribution in [0.5, 0.6) is 0 Å². The standard InChI is InChI=1S/C11H27N3O2S/c1-9(2)12-8-11(4)17(15,16)13-7-10(3)14(5)6/h9-13H,7-8H2,1-6H3. The van der Waals surface area contributed by atoms with Gasteiger partial charge >= 0.3 is 0 Å². The second kappa shape index (κ2) is 7.31. The van der Waals surface area contributed by atoms with Crippen molar-refractivity contribution in [2.75, 3.05) is 27.2 Å². The zero-order valence-electron chi connectivity index (χ0n) is 11.8. The van der Waals surface area contributed by atoms with Gasteiger partial charge in [0.1, 0.15) is 0 Å². The maximum atomic E-state index is 11.9. The zero-order valence-corrected chi connectivity index (χ0v) is 12.6. The highest BCUT2D eigenvalue weighted by Crippen LogP contribution is 1.99. The molecule has 17 heavy (non-hydrogen) atoms. The van der Waals surface area contributed by atoms with Gasteiger partial charge in [-0.1, -0.05) is 13.8 Å². The van der Waals surface area contributed by atoms with Crippen molar-refractivity contribution in [1.29, 1.82) is 0 Å². The molecule has 2 atom stereocenters. The van der Waals surface area contributed by atoms with Crippen molar-refractivity contribution in [2.45, 2.75) is 45.0 Å². The summed E-state index contributed by atoms with van der Waals surface area (Å²) < 4.78 is 26.5. The van der Waals surface area contributed by atoms with Crippen molar-refractivity contribution >= 4 is 10.0 Å². The first-order valence-electron chi connectivity index (χ1n) is 6.05. The van der Waals surface area contributed by atoms with Crippen LogP contribution >= 0.6 is 0 Å². The van der Waals surface area contributed by atoms with E-state index in [1.807, 2.05) is 39.8 Å². The molecule has 2 unspecified atom stereocenters. The molecule has 0 heterocycles. The maximum absolute atomic E-state index is 11.9. The molecule has 0 aliphatic rings. The number of nitrogens with zero attached hydrogens (tertiary/aromatic N) is 1. The van der Waals surface area contributed by atoms with E-state index in [0.717, 1.165) is 0 Å². The van der Waals surface area contributed by atoms with E-state index in [-0.39, 0.29) is 6.04 Å². The van der Waals surface area contributed by atoms with Crippen molar-refractivity contribution < 1.29 is 8.42 Å². The largest absolute Gasteiger partial charge is 0.313 e. The van der Waals surface area contributed by atoms with Crippen molar-refractivity contribution in [3.63, 3.8) is 0 Å². The Bertz CT molecular complexity index is 302. The highest BCUT2D eigenvalue weighted by atomic mass is 32.2. The Morgan fingerprint density at radius 3 is 2.00 bits per heavy atom. The Morgan fingerprint density at radius 2 is 1.59 bits per heavy atom. The smallest absolute Gasteiger partial charge is 0.215 e. The Kier molecular flexibility index (Phi) is 7.23. The van der Waals surface area contributed by atoms with Crippen LogP contribution in [0, 0.1) is 0 Å². The van der Waals surface area contributed by atoms with Gasteiger partial charge in [0.05, 0.1) is 5.25 Å². The van der Waals surface area contributed by atoms with Crippen LogP contribution in [-0.4, -0.2) is 57.8 Å². The van der Waals surface area contributed by atoms with Gasteiger partial charge in [-0.3, -0.25) is 0 Å². The number of rotatable bonds is 8. The SMILES string of the molecule is CC(C)NCC(C)S(=O)(=O)NCC(C)N(C)C. The van der Waals surface area contributed by atoms with E-state index in [4.69, 9.17) is 0 Å². The van der Waals surface area contributed by atoms with E-state index < -0.39 is 15.3 Å². The first-order valence-corrected chi connectivity index (χ1v) is 7.59. The van der Waals surface area contributed by atoms with E-state index in [9.17, 15) is 8.42 Å². The normalized spacial score (nSPS) is 16.5. The van der Waals surface area contributed by atoms with Gasteiger partial charge in [-0.25, -0.2) is 13.1 Å². The average Bonchev–Trinajstić information content (AvgIpc) is 2.22. The highest BCUT2D eigenvalue weighted by molar-refractivity contribution is 7.90. The average molecular weight is 265 g/mol. The number of nitrogens with one attached hydrogen (secondary N) is 2. The van der Waals surface area contributed by atoms with Crippen LogP contribution < -0.4 is 10.0 Å². The summed E-state index contributed by atoms with van der Waals surface area (Å²) >= 11 is 0. The second-order valence-electron chi connectivity index (χ2n) is 5.08. The van der Waals surface area contributed by atoms with Gasteiger partial charge in [0.25, 0.3) is 0 Å². The molecule has 0 saturated heterocycles. The molecule has 0 rings (SSSR count). The number of hydrogen-bond acceptors (Lipinski definition) is 4. The van der Waals surface area contributed by atoms with E-state index >= 15 is 0 Å². The van der Waals surface area contributed by atoms with Gasteiger partial charge in [-0.2, -0.15) is 0 Å². The van der Waals surface area contributed by atoms with Gasteiger partial charge in [-0.15, -0.1) is 0 Å². The summed E-state index contributed by atoms with van der Waals surface area (Å²) in [5, 5.41) is 2.71. The molecule has 0 saturated carbocycles.